The molecule has 0 aliphatic heterocycles. The van der Waals surface area contributed by atoms with Gasteiger partial charge < -0.3 is 19.5 Å². The summed E-state index contributed by atoms with van der Waals surface area (Å²) in [4.78, 5) is 23.9. The molecule has 0 radical (unpaired) electrons. The monoisotopic (exact) mass is 343 g/mol. The Labute approximate surface area is 146 Å². The molecule has 0 aliphatic rings. The van der Waals surface area contributed by atoms with Crippen molar-refractivity contribution >= 4 is 17.6 Å². The first-order valence-corrected chi connectivity index (χ1v) is 7.85. The number of esters is 1. The average molecular weight is 343 g/mol. The summed E-state index contributed by atoms with van der Waals surface area (Å²) in [5.74, 6) is 0.411. The highest BCUT2D eigenvalue weighted by Gasteiger charge is 2.11. The van der Waals surface area contributed by atoms with Crippen LogP contribution in [-0.2, 0) is 9.53 Å². The lowest BCUT2D eigenvalue weighted by Gasteiger charge is -2.10. The molecular weight excluding hydrogens is 322 g/mol. The van der Waals surface area contributed by atoms with E-state index in [1.54, 1.807) is 69.5 Å². The topological polar surface area (TPSA) is 73.9 Å². The first-order valence-electron chi connectivity index (χ1n) is 7.85. The average Bonchev–Trinajstić information content (AvgIpc) is 2.60. The normalized spacial score (nSPS) is 10.2. The third-order valence-electron chi connectivity index (χ3n) is 3.14. The molecule has 2 rings (SSSR count). The number of hydrogen-bond acceptors (Lipinski definition) is 5. The third-order valence-corrected chi connectivity index (χ3v) is 3.14. The Balaban J connectivity index is 1.92. The van der Waals surface area contributed by atoms with E-state index in [1.807, 2.05) is 0 Å². The molecule has 1 N–H and O–H groups in total. The third kappa shape index (κ3) is 5.84. The summed E-state index contributed by atoms with van der Waals surface area (Å²) in [6.45, 7) is 3.40. The molecule has 1 amide bonds. The quantitative estimate of drug-likeness (QED) is 0.781. The van der Waals surface area contributed by atoms with E-state index < -0.39 is 5.97 Å². The van der Waals surface area contributed by atoms with Gasteiger partial charge in [0.2, 0.25) is 0 Å². The van der Waals surface area contributed by atoms with Gasteiger partial charge >= 0.3 is 5.97 Å². The Kier molecular flexibility index (Phi) is 6.39. The van der Waals surface area contributed by atoms with E-state index in [9.17, 15) is 9.59 Å². The van der Waals surface area contributed by atoms with Gasteiger partial charge in [0, 0.05) is 11.8 Å². The molecule has 0 saturated carbocycles. The number of methoxy groups -OCH3 is 1. The smallest absolute Gasteiger partial charge is 0.338 e. The number of nitrogens with one attached hydrogen (secondary N) is 1. The van der Waals surface area contributed by atoms with E-state index in [4.69, 9.17) is 14.2 Å². The van der Waals surface area contributed by atoms with E-state index in [2.05, 4.69) is 5.32 Å². The van der Waals surface area contributed by atoms with Crippen molar-refractivity contribution in [2.24, 2.45) is 0 Å². The minimum absolute atomic E-state index is 0.159. The molecule has 0 spiro atoms. The maximum atomic E-state index is 12.0. The van der Waals surface area contributed by atoms with Crippen molar-refractivity contribution in [3.8, 4) is 11.5 Å². The molecule has 6 nitrogen and oxygen atoms in total. The highest BCUT2D eigenvalue weighted by atomic mass is 16.5. The molecule has 0 atom stereocenters. The van der Waals surface area contributed by atoms with Gasteiger partial charge in [-0.2, -0.15) is 0 Å². The maximum Gasteiger partial charge on any atom is 0.338 e. The van der Waals surface area contributed by atoms with Crippen LogP contribution >= 0.6 is 0 Å². The second-order valence-electron chi connectivity index (χ2n) is 5.55. The highest BCUT2D eigenvalue weighted by molar-refractivity contribution is 5.95. The summed E-state index contributed by atoms with van der Waals surface area (Å²) in [5, 5.41) is 2.69. The number of amides is 1. The van der Waals surface area contributed by atoms with Gasteiger partial charge in [-0.3, -0.25) is 4.79 Å². The number of carbonyl (C=O) groups excluding carboxylic acids is 2. The molecule has 2 aromatic rings. The van der Waals surface area contributed by atoms with Crippen LogP contribution in [0, 0.1) is 0 Å². The zero-order valence-corrected chi connectivity index (χ0v) is 14.4. The Morgan fingerprint density at radius 2 is 1.76 bits per heavy atom. The fraction of sp³-hybridized carbons (Fsp3) is 0.263. The van der Waals surface area contributed by atoms with Gasteiger partial charge in [0.15, 0.2) is 6.61 Å². The summed E-state index contributed by atoms with van der Waals surface area (Å²) in [7, 11) is 1.56. The fourth-order valence-electron chi connectivity index (χ4n) is 2.04. The van der Waals surface area contributed by atoms with Crippen molar-refractivity contribution < 1.29 is 23.8 Å². The van der Waals surface area contributed by atoms with Crippen LogP contribution in [0.25, 0.3) is 0 Å². The molecule has 0 aromatic heterocycles. The first-order chi connectivity index (χ1) is 12.0. The predicted molar refractivity (Wildman–Crippen MR) is 94.1 cm³/mol. The second kappa shape index (κ2) is 8.73. The van der Waals surface area contributed by atoms with E-state index in [-0.39, 0.29) is 18.6 Å². The fourth-order valence-corrected chi connectivity index (χ4v) is 2.04. The molecule has 25 heavy (non-hydrogen) atoms. The van der Waals surface area contributed by atoms with Gasteiger partial charge in [-0.25, -0.2) is 4.79 Å². The van der Waals surface area contributed by atoms with Crippen molar-refractivity contribution in [3.05, 3.63) is 54.1 Å². The van der Waals surface area contributed by atoms with E-state index in [0.29, 0.717) is 22.7 Å². The largest absolute Gasteiger partial charge is 0.497 e. The van der Waals surface area contributed by atoms with Crippen molar-refractivity contribution in [1.82, 2.24) is 0 Å². The molecule has 0 heterocycles. The van der Waals surface area contributed by atoms with Crippen LogP contribution in [0.2, 0.25) is 0 Å². The van der Waals surface area contributed by atoms with Crippen molar-refractivity contribution in [2.75, 3.05) is 19.0 Å². The number of anilines is 1. The number of ether oxygens (including phenoxy) is 3. The summed E-state index contributed by atoms with van der Waals surface area (Å²) in [5.41, 5.74) is 0.873. The van der Waals surface area contributed by atoms with Gasteiger partial charge in [-0.05, 0) is 44.2 Å². The Bertz CT molecular complexity index is 742. The first kappa shape index (κ1) is 18.3. The number of carbonyl (C=O) groups is 2. The summed E-state index contributed by atoms with van der Waals surface area (Å²) < 4.78 is 15.7. The molecule has 0 saturated heterocycles. The Hall–Kier alpha value is -3.02. The van der Waals surface area contributed by atoms with E-state index in [0.717, 1.165) is 0 Å². The number of rotatable bonds is 7. The molecule has 2 aromatic carbocycles. The minimum atomic E-state index is -0.432. The molecular formula is C19H21NO5. The number of hydrogen-bond donors (Lipinski definition) is 1. The zero-order chi connectivity index (χ0) is 18.2. The van der Waals surface area contributed by atoms with Crippen LogP contribution in [0.5, 0.6) is 11.5 Å². The van der Waals surface area contributed by atoms with Crippen LogP contribution in [0.15, 0.2) is 48.5 Å². The predicted octanol–water partition coefficient (Wildman–Crippen LogP) is 3.28. The molecule has 0 fully saturated rings. The van der Waals surface area contributed by atoms with E-state index >= 15 is 0 Å². The summed E-state index contributed by atoms with van der Waals surface area (Å²) in [6, 6.07) is 13.5. The van der Waals surface area contributed by atoms with Crippen LogP contribution in [0.3, 0.4) is 0 Å². The van der Waals surface area contributed by atoms with Gasteiger partial charge in [0.1, 0.15) is 11.5 Å². The van der Waals surface area contributed by atoms with Crippen LogP contribution in [0.1, 0.15) is 24.2 Å². The van der Waals surface area contributed by atoms with Gasteiger partial charge in [0.05, 0.1) is 18.8 Å². The lowest BCUT2D eigenvalue weighted by Crippen LogP contribution is -2.20. The van der Waals surface area contributed by atoms with Crippen molar-refractivity contribution in [1.29, 1.82) is 0 Å². The summed E-state index contributed by atoms with van der Waals surface area (Å²) >= 11 is 0. The van der Waals surface area contributed by atoms with Crippen LogP contribution in [-0.4, -0.2) is 31.7 Å². The number of benzene rings is 2. The van der Waals surface area contributed by atoms with Crippen LogP contribution < -0.4 is 14.8 Å². The molecule has 6 heteroatoms. The molecule has 0 unspecified atom stereocenters. The maximum absolute atomic E-state index is 12.0. The highest BCUT2D eigenvalue weighted by Crippen LogP contribution is 2.19. The Morgan fingerprint density at radius 3 is 2.48 bits per heavy atom. The summed E-state index contributed by atoms with van der Waals surface area (Å²) in [6.07, 6.45) is -0.206. The SMILES string of the molecule is COc1cccc(OCC(=O)Nc2cccc(C(=O)OC(C)C)c2)c1. The standard InChI is InChI=1S/C19H21NO5/c1-13(2)25-19(22)14-6-4-7-15(10-14)20-18(21)12-24-17-9-5-8-16(11-17)23-3/h4-11,13H,12H2,1-3H3,(H,20,21). The lowest BCUT2D eigenvalue weighted by molar-refractivity contribution is -0.118. The van der Waals surface area contributed by atoms with Crippen molar-refractivity contribution in [3.63, 3.8) is 0 Å². The second-order valence-corrected chi connectivity index (χ2v) is 5.55. The zero-order valence-electron chi connectivity index (χ0n) is 14.4. The Morgan fingerprint density at radius 1 is 1.04 bits per heavy atom. The van der Waals surface area contributed by atoms with Crippen molar-refractivity contribution in [2.45, 2.75) is 20.0 Å². The van der Waals surface area contributed by atoms with E-state index in [1.165, 1.54) is 0 Å². The minimum Gasteiger partial charge on any atom is -0.497 e. The van der Waals surface area contributed by atoms with Gasteiger partial charge in [-0.1, -0.05) is 12.1 Å². The van der Waals surface area contributed by atoms with Gasteiger partial charge in [-0.15, -0.1) is 0 Å². The van der Waals surface area contributed by atoms with Crippen LogP contribution in [0.4, 0.5) is 5.69 Å². The molecule has 0 aliphatic carbocycles. The van der Waals surface area contributed by atoms with Gasteiger partial charge in [0.25, 0.3) is 5.91 Å². The lowest BCUT2D eigenvalue weighted by atomic mass is 10.2. The molecule has 132 valence electrons. The molecule has 0 bridgehead atoms.